The van der Waals surface area contributed by atoms with Crippen LogP contribution in [0.1, 0.15) is 5.56 Å². The Balaban J connectivity index is 1.78. The topological polar surface area (TPSA) is 81.8 Å². The van der Waals surface area contributed by atoms with E-state index < -0.39 is 0 Å². The van der Waals surface area contributed by atoms with Gasteiger partial charge in [0.2, 0.25) is 5.13 Å². The lowest BCUT2D eigenvalue weighted by atomic mass is 10.2. The first kappa shape index (κ1) is 16.0. The summed E-state index contributed by atoms with van der Waals surface area (Å²) in [6.45, 7) is 0. The molecule has 0 aliphatic heterocycles. The van der Waals surface area contributed by atoms with Gasteiger partial charge in [0.05, 0.1) is 16.4 Å². The number of pyridine rings is 1. The van der Waals surface area contributed by atoms with Gasteiger partial charge in [-0.3, -0.25) is 0 Å². The molecule has 6 nitrogen and oxygen atoms in total. The van der Waals surface area contributed by atoms with E-state index in [1.807, 2.05) is 42.5 Å². The molecule has 4 aromatic rings. The lowest BCUT2D eigenvalue weighted by molar-refractivity contribution is 0.459. The van der Waals surface area contributed by atoms with Gasteiger partial charge in [-0.15, -0.1) is 0 Å². The molecule has 2 N–H and O–H groups in total. The van der Waals surface area contributed by atoms with Gasteiger partial charge in [-0.05, 0) is 42.5 Å². The first-order valence-corrected chi connectivity index (χ1v) is 8.65. The number of para-hydroxylation sites is 1. The Hall–Kier alpha value is -3.45. The molecule has 0 radical (unpaired) electrons. The minimum atomic E-state index is 0.0248. The molecule has 0 atom stereocenters. The van der Waals surface area contributed by atoms with E-state index in [0.29, 0.717) is 16.5 Å². The highest BCUT2D eigenvalue weighted by Gasteiger charge is 2.14. The maximum Gasteiger partial charge on any atom is 0.213 e. The number of aromatic hydroxyl groups is 2. The van der Waals surface area contributed by atoms with E-state index in [9.17, 15) is 10.2 Å². The maximum atomic E-state index is 9.95. The second-order valence-corrected chi connectivity index (χ2v) is 6.46. The Labute approximate surface area is 153 Å². The highest BCUT2D eigenvalue weighted by Crippen LogP contribution is 2.32. The molecule has 7 heteroatoms. The fourth-order valence-electron chi connectivity index (χ4n) is 2.40. The molecule has 0 saturated heterocycles. The molecule has 0 fully saturated rings. The van der Waals surface area contributed by atoms with Gasteiger partial charge in [0.25, 0.3) is 0 Å². The monoisotopic (exact) mass is 362 g/mol. The van der Waals surface area contributed by atoms with E-state index in [1.54, 1.807) is 11.2 Å². The third-order valence-corrected chi connectivity index (χ3v) is 4.67. The number of aromatic nitrogens is 2. The van der Waals surface area contributed by atoms with Crippen LogP contribution >= 0.6 is 11.3 Å². The maximum absolute atomic E-state index is 9.95. The summed E-state index contributed by atoms with van der Waals surface area (Å²) in [4.78, 5) is 8.97. The number of fused-ring (bicyclic) bond motifs is 1. The van der Waals surface area contributed by atoms with Crippen LogP contribution in [0.5, 0.6) is 11.5 Å². The number of rotatable bonds is 4. The second kappa shape index (κ2) is 6.81. The van der Waals surface area contributed by atoms with E-state index in [0.717, 1.165) is 10.2 Å². The molecular weight excluding hydrogens is 348 g/mol. The van der Waals surface area contributed by atoms with Crippen molar-refractivity contribution in [1.82, 2.24) is 9.97 Å². The van der Waals surface area contributed by atoms with Crippen LogP contribution in [0.25, 0.3) is 10.2 Å². The molecule has 128 valence electrons. The average molecular weight is 362 g/mol. The Morgan fingerprint density at radius 2 is 1.85 bits per heavy atom. The van der Waals surface area contributed by atoms with Gasteiger partial charge in [-0.2, -0.15) is 10.1 Å². The summed E-state index contributed by atoms with van der Waals surface area (Å²) in [7, 11) is 0. The SMILES string of the molecule is Oc1ccc(O)c(C=NN(c2ccccn2)c2nc3ccccc3s2)c1. The third-order valence-electron chi connectivity index (χ3n) is 3.65. The largest absolute Gasteiger partial charge is 0.508 e. The van der Waals surface area contributed by atoms with Crippen molar-refractivity contribution in [1.29, 1.82) is 0 Å². The lowest BCUT2D eigenvalue weighted by Crippen LogP contribution is -2.10. The minimum absolute atomic E-state index is 0.0248. The van der Waals surface area contributed by atoms with Crippen molar-refractivity contribution in [2.45, 2.75) is 0 Å². The van der Waals surface area contributed by atoms with Crippen molar-refractivity contribution in [2.75, 3.05) is 5.01 Å². The highest BCUT2D eigenvalue weighted by molar-refractivity contribution is 7.22. The normalized spacial score (nSPS) is 11.2. The summed E-state index contributed by atoms with van der Waals surface area (Å²) in [6, 6.07) is 17.6. The summed E-state index contributed by atoms with van der Waals surface area (Å²) in [5.74, 6) is 0.674. The molecule has 0 saturated carbocycles. The number of anilines is 2. The first-order chi connectivity index (χ1) is 12.7. The van der Waals surface area contributed by atoms with Gasteiger partial charge in [0, 0.05) is 11.8 Å². The van der Waals surface area contributed by atoms with Crippen LogP contribution in [0.2, 0.25) is 0 Å². The molecular formula is C19H14N4O2S. The molecule has 26 heavy (non-hydrogen) atoms. The van der Waals surface area contributed by atoms with Crippen molar-refractivity contribution in [3.05, 3.63) is 72.4 Å². The standard InChI is InChI=1S/C19H14N4O2S/c24-14-8-9-16(25)13(11-14)12-21-23(18-7-3-4-10-20-18)19-22-15-5-1-2-6-17(15)26-19/h1-12,24-25H. The van der Waals surface area contributed by atoms with Gasteiger partial charge >= 0.3 is 0 Å². The quantitative estimate of drug-likeness (QED) is 0.322. The highest BCUT2D eigenvalue weighted by atomic mass is 32.1. The molecule has 2 aromatic carbocycles. The zero-order valence-electron chi connectivity index (χ0n) is 13.5. The molecule has 0 amide bonds. The van der Waals surface area contributed by atoms with Crippen molar-refractivity contribution in [3.8, 4) is 11.5 Å². The number of hydrogen-bond acceptors (Lipinski definition) is 7. The Morgan fingerprint density at radius 3 is 2.65 bits per heavy atom. The van der Waals surface area contributed by atoms with Crippen LogP contribution in [0, 0.1) is 0 Å². The van der Waals surface area contributed by atoms with Gasteiger partial charge in [0.1, 0.15) is 11.5 Å². The van der Waals surface area contributed by atoms with Gasteiger partial charge in [-0.25, -0.2) is 9.97 Å². The van der Waals surface area contributed by atoms with Gasteiger partial charge in [0.15, 0.2) is 5.82 Å². The fourth-order valence-corrected chi connectivity index (χ4v) is 3.33. The van der Waals surface area contributed by atoms with E-state index in [1.165, 1.54) is 35.8 Å². The summed E-state index contributed by atoms with van der Waals surface area (Å²) in [6.07, 6.45) is 3.15. The predicted octanol–water partition coefficient (Wildman–Crippen LogP) is 4.27. The molecule has 0 aliphatic carbocycles. The second-order valence-electron chi connectivity index (χ2n) is 5.45. The van der Waals surface area contributed by atoms with Crippen molar-refractivity contribution >= 4 is 38.7 Å². The van der Waals surface area contributed by atoms with Crippen LogP contribution < -0.4 is 5.01 Å². The van der Waals surface area contributed by atoms with Crippen molar-refractivity contribution in [3.63, 3.8) is 0 Å². The number of hydrazone groups is 1. The third kappa shape index (κ3) is 3.20. The van der Waals surface area contributed by atoms with Crippen LogP contribution in [0.4, 0.5) is 10.9 Å². The number of thiazole rings is 1. The Morgan fingerprint density at radius 1 is 1.00 bits per heavy atom. The minimum Gasteiger partial charge on any atom is -0.508 e. The fraction of sp³-hybridized carbons (Fsp3) is 0. The van der Waals surface area contributed by atoms with Crippen molar-refractivity contribution < 1.29 is 10.2 Å². The molecule has 0 unspecified atom stereocenters. The van der Waals surface area contributed by atoms with Crippen LogP contribution in [-0.4, -0.2) is 26.4 Å². The van der Waals surface area contributed by atoms with Gasteiger partial charge in [-0.1, -0.05) is 29.5 Å². The summed E-state index contributed by atoms with van der Waals surface area (Å²) in [5, 5.41) is 26.3. The van der Waals surface area contributed by atoms with E-state index >= 15 is 0 Å². The number of hydrogen-bond donors (Lipinski definition) is 2. The zero-order valence-corrected chi connectivity index (χ0v) is 14.3. The number of benzene rings is 2. The van der Waals surface area contributed by atoms with E-state index in [4.69, 9.17) is 0 Å². The van der Waals surface area contributed by atoms with Crippen LogP contribution in [0.15, 0.2) is 72.0 Å². The van der Waals surface area contributed by atoms with Crippen LogP contribution in [0.3, 0.4) is 0 Å². The molecule has 0 spiro atoms. The van der Waals surface area contributed by atoms with Gasteiger partial charge < -0.3 is 10.2 Å². The van der Waals surface area contributed by atoms with E-state index in [-0.39, 0.29) is 11.5 Å². The summed E-state index contributed by atoms with van der Waals surface area (Å²) >= 11 is 1.49. The Bertz CT molecular complexity index is 1050. The number of nitrogens with zero attached hydrogens (tertiary/aromatic N) is 4. The predicted molar refractivity (Wildman–Crippen MR) is 103 cm³/mol. The molecule has 2 aromatic heterocycles. The van der Waals surface area contributed by atoms with Crippen LogP contribution in [-0.2, 0) is 0 Å². The molecule has 4 rings (SSSR count). The molecule has 2 heterocycles. The molecule has 0 aliphatic rings. The first-order valence-electron chi connectivity index (χ1n) is 7.83. The van der Waals surface area contributed by atoms with E-state index in [2.05, 4.69) is 15.1 Å². The average Bonchev–Trinajstić information content (AvgIpc) is 3.09. The lowest BCUT2D eigenvalue weighted by Gasteiger charge is -2.14. The smallest absolute Gasteiger partial charge is 0.213 e. The number of phenols is 2. The van der Waals surface area contributed by atoms with Crippen molar-refractivity contribution in [2.24, 2.45) is 5.10 Å². The zero-order chi connectivity index (χ0) is 17.9. The number of phenolic OH excluding ortho intramolecular Hbond substituents is 2. The molecule has 0 bridgehead atoms. The summed E-state index contributed by atoms with van der Waals surface area (Å²) in [5.41, 5.74) is 1.27. The Kier molecular flexibility index (Phi) is 4.20. The summed E-state index contributed by atoms with van der Waals surface area (Å²) < 4.78 is 1.04.